The first-order chi connectivity index (χ1) is 15.0. The van der Waals surface area contributed by atoms with E-state index in [0.29, 0.717) is 28.0 Å². The lowest BCUT2D eigenvalue weighted by Crippen LogP contribution is -2.33. The lowest BCUT2D eigenvalue weighted by molar-refractivity contribution is 0.0961. The number of rotatable bonds is 6. The molecule has 156 valence electrons. The summed E-state index contributed by atoms with van der Waals surface area (Å²) >= 11 is 11.9. The fraction of sp³-hybridized carbons (Fsp3) is 0.0435. The van der Waals surface area contributed by atoms with Crippen LogP contribution in [0.1, 0.15) is 15.9 Å². The van der Waals surface area contributed by atoms with Gasteiger partial charge in [-0.1, -0.05) is 53.5 Å². The van der Waals surface area contributed by atoms with Gasteiger partial charge in [-0.05, 0) is 54.1 Å². The maximum atomic E-state index is 13.2. The summed E-state index contributed by atoms with van der Waals surface area (Å²) < 4.78 is 3.17. The van der Waals surface area contributed by atoms with Crippen molar-refractivity contribution in [2.45, 2.75) is 6.54 Å². The molecule has 4 rings (SSSR count). The van der Waals surface area contributed by atoms with Crippen LogP contribution in [0.4, 0.5) is 5.69 Å². The van der Waals surface area contributed by atoms with Crippen molar-refractivity contribution in [3.05, 3.63) is 117 Å². The maximum absolute atomic E-state index is 13.2. The van der Waals surface area contributed by atoms with Crippen LogP contribution in [-0.4, -0.2) is 15.3 Å². The van der Waals surface area contributed by atoms with Gasteiger partial charge in [-0.3, -0.25) is 25.1 Å². The minimum absolute atomic E-state index is 0.00680. The van der Waals surface area contributed by atoms with Gasteiger partial charge in [0.15, 0.2) is 0 Å². The van der Waals surface area contributed by atoms with Crippen LogP contribution in [-0.2, 0) is 6.54 Å². The average Bonchev–Trinajstić information content (AvgIpc) is 3.10. The molecule has 0 saturated carbocycles. The van der Waals surface area contributed by atoms with Crippen LogP contribution >= 0.6 is 23.2 Å². The van der Waals surface area contributed by atoms with E-state index in [2.05, 4.69) is 10.9 Å². The van der Waals surface area contributed by atoms with Crippen molar-refractivity contribution in [3.8, 4) is 5.69 Å². The number of benzene rings is 3. The third-order valence-electron chi connectivity index (χ3n) is 4.63. The Kier molecular flexibility index (Phi) is 6.11. The third kappa shape index (κ3) is 4.82. The van der Waals surface area contributed by atoms with Crippen LogP contribution in [0.15, 0.2) is 89.9 Å². The molecule has 4 aromatic rings. The highest BCUT2D eigenvalue weighted by atomic mass is 35.5. The SMILES string of the molecule is O=C(NNc1ccc(Cl)cc1)c1cn(Cc2ccccc2)n(-c2ccc(Cl)cc2)c1=O. The maximum Gasteiger partial charge on any atom is 0.284 e. The molecule has 1 amide bonds. The monoisotopic (exact) mass is 452 g/mol. The van der Waals surface area contributed by atoms with Crippen LogP contribution in [0.5, 0.6) is 0 Å². The fourth-order valence-corrected chi connectivity index (χ4v) is 3.36. The number of anilines is 1. The van der Waals surface area contributed by atoms with E-state index in [-0.39, 0.29) is 5.56 Å². The minimum Gasteiger partial charge on any atom is -0.298 e. The lowest BCUT2D eigenvalue weighted by atomic mass is 10.2. The summed E-state index contributed by atoms with van der Waals surface area (Å²) in [5.74, 6) is -0.547. The number of nitrogens with zero attached hydrogens (tertiary/aromatic N) is 2. The van der Waals surface area contributed by atoms with Gasteiger partial charge < -0.3 is 0 Å². The zero-order valence-corrected chi connectivity index (χ0v) is 17.8. The van der Waals surface area contributed by atoms with E-state index in [9.17, 15) is 9.59 Å². The number of halogens is 2. The first kappa shape index (κ1) is 20.8. The summed E-state index contributed by atoms with van der Waals surface area (Å²) in [6.07, 6.45) is 1.54. The Labute approximate surface area is 188 Å². The van der Waals surface area contributed by atoms with Crippen LogP contribution in [0, 0.1) is 0 Å². The molecule has 0 spiro atoms. The summed E-state index contributed by atoms with van der Waals surface area (Å²) in [5, 5.41) is 1.14. The molecule has 0 saturated heterocycles. The Morgan fingerprint density at radius 1 is 0.839 bits per heavy atom. The van der Waals surface area contributed by atoms with E-state index < -0.39 is 11.5 Å². The minimum atomic E-state index is -0.547. The molecular formula is C23H18Cl2N4O2. The van der Waals surface area contributed by atoms with Crippen molar-refractivity contribution in [2.75, 3.05) is 5.43 Å². The Hall–Kier alpha value is -3.48. The number of hydrogen-bond donors (Lipinski definition) is 2. The molecule has 0 aliphatic rings. The quantitative estimate of drug-likeness (QED) is 0.414. The fourth-order valence-electron chi connectivity index (χ4n) is 3.11. The van der Waals surface area contributed by atoms with E-state index in [0.717, 1.165) is 5.56 Å². The second-order valence-corrected chi connectivity index (χ2v) is 7.68. The first-order valence-electron chi connectivity index (χ1n) is 9.45. The van der Waals surface area contributed by atoms with Crippen LogP contribution in [0.25, 0.3) is 5.69 Å². The molecule has 0 unspecified atom stereocenters. The number of hydrogen-bond acceptors (Lipinski definition) is 3. The number of hydrazine groups is 1. The second kappa shape index (κ2) is 9.12. The first-order valence-corrected chi connectivity index (χ1v) is 10.2. The van der Waals surface area contributed by atoms with Crippen molar-refractivity contribution < 1.29 is 4.79 Å². The van der Waals surface area contributed by atoms with Gasteiger partial charge in [0.1, 0.15) is 5.56 Å². The van der Waals surface area contributed by atoms with Gasteiger partial charge in [0.25, 0.3) is 11.5 Å². The van der Waals surface area contributed by atoms with Gasteiger partial charge in [-0.15, -0.1) is 0 Å². The van der Waals surface area contributed by atoms with Crippen molar-refractivity contribution in [1.82, 2.24) is 14.8 Å². The molecule has 0 fully saturated rings. The van der Waals surface area contributed by atoms with Gasteiger partial charge >= 0.3 is 0 Å². The Bertz CT molecular complexity index is 1250. The van der Waals surface area contributed by atoms with Gasteiger partial charge in [-0.2, -0.15) is 0 Å². The smallest absolute Gasteiger partial charge is 0.284 e. The summed E-state index contributed by atoms with van der Waals surface area (Å²) in [5.41, 5.74) is 7.16. The largest absolute Gasteiger partial charge is 0.298 e. The van der Waals surface area contributed by atoms with Crippen LogP contribution < -0.4 is 16.4 Å². The predicted molar refractivity (Wildman–Crippen MR) is 123 cm³/mol. The van der Waals surface area contributed by atoms with E-state index >= 15 is 0 Å². The molecule has 1 heterocycles. The molecule has 31 heavy (non-hydrogen) atoms. The van der Waals surface area contributed by atoms with Gasteiger partial charge in [0.05, 0.1) is 17.9 Å². The second-order valence-electron chi connectivity index (χ2n) is 6.81. The van der Waals surface area contributed by atoms with Crippen molar-refractivity contribution in [3.63, 3.8) is 0 Å². The summed E-state index contributed by atoms with van der Waals surface area (Å²) in [6, 6.07) is 23.4. The van der Waals surface area contributed by atoms with Crippen LogP contribution in [0.3, 0.4) is 0 Å². The number of carbonyl (C=O) groups excluding carboxylic acids is 1. The Morgan fingerprint density at radius 2 is 1.45 bits per heavy atom. The molecule has 0 aliphatic carbocycles. The zero-order chi connectivity index (χ0) is 21.8. The molecule has 1 aromatic heterocycles. The molecule has 6 nitrogen and oxygen atoms in total. The average molecular weight is 453 g/mol. The molecule has 0 aliphatic heterocycles. The van der Waals surface area contributed by atoms with Crippen molar-refractivity contribution >= 4 is 34.8 Å². The van der Waals surface area contributed by atoms with Gasteiger partial charge in [-0.25, -0.2) is 4.68 Å². The van der Waals surface area contributed by atoms with Crippen LogP contribution in [0.2, 0.25) is 10.0 Å². The Balaban J connectivity index is 1.66. The number of aromatic nitrogens is 2. The lowest BCUT2D eigenvalue weighted by Gasteiger charge is -2.11. The molecule has 3 aromatic carbocycles. The predicted octanol–water partition coefficient (Wildman–Crippen LogP) is 4.75. The summed E-state index contributed by atoms with van der Waals surface area (Å²) in [6.45, 7) is 0.413. The molecule has 0 atom stereocenters. The normalized spacial score (nSPS) is 10.6. The molecule has 0 bridgehead atoms. The third-order valence-corrected chi connectivity index (χ3v) is 5.13. The van der Waals surface area contributed by atoms with E-state index in [1.807, 2.05) is 30.3 Å². The number of amides is 1. The number of nitrogens with one attached hydrogen (secondary N) is 2. The topological polar surface area (TPSA) is 68.1 Å². The summed E-state index contributed by atoms with van der Waals surface area (Å²) in [4.78, 5) is 25.9. The highest BCUT2D eigenvalue weighted by Crippen LogP contribution is 2.15. The Morgan fingerprint density at radius 3 is 2.10 bits per heavy atom. The molecule has 8 heteroatoms. The van der Waals surface area contributed by atoms with Gasteiger partial charge in [0.2, 0.25) is 0 Å². The standard InChI is InChI=1S/C23H18Cl2N4O2/c24-17-6-10-19(11-7-17)26-27-22(30)21-15-28(14-16-4-2-1-3-5-16)29(23(21)31)20-12-8-18(25)9-13-20/h1-13,15,26H,14H2,(H,27,30). The molecular weight excluding hydrogens is 435 g/mol. The van der Waals surface area contributed by atoms with E-state index in [4.69, 9.17) is 23.2 Å². The number of carbonyl (C=O) groups is 1. The zero-order valence-electron chi connectivity index (χ0n) is 16.3. The van der Waals surface area contributed by atoms with E-state index in [1.165, 1.54) is 4.68 Å². The highest BCUT2D eigenvalue weighted by Gasteiger charge is 2.19. The molecule has 0 radical (unpaired) electrons. The molecule has 2 N–H and O–H groups in total. The summed E-state index contributed by atoms with van der Waals surface area (Å²) in [7, 11) is 0. The van der Waals surface area contributed by atoms with Gasteiger partial charge in [0, 0.05) is 16.2 Å². The highest BCUT2D eigenvalue weighted by molar-refractivity contribution is 6.30. The van der Waals surface area contributed by atoms with E-state index in [1.54, 1.807) is 59.4 Å². The van der Waals surface area contributed by atoms with Crippen molar-refractivity contribution in [2.24, 2.45) is 0 Å². The van der Waals surface area contributed by atoms with Crippen molar-refractivity contribution in [1.29, 1.82) is 0 Å².